The fourth-order valence-electron chi connectivity index (χ4n) is 4.04. The molecule has 2 amide bonds. The first-order valence-electron chi connectivity index (χ1n) is 11.0. The molecule has 0 aliphatic heterocycles. The Kier molecular flexibility index (Phi) is 6.10. The second-order valence-electron chi connectivity index (χ2n) is 8.43. The van der Waals surface area contributed by atoms with Gasteiger partial charge in [0.25, 0.3) is 5.91 Å². The Balaban J connectivity index is 1.42. The smallest absolute Gasteiger partial charge is 0.412 e. The van der Waals surface area contributed by atoms with Crippen molar-refractivity contribution in [1.82, 2.24) is 15.1 Å². The van der Waals surface area contributed by atoms with Gasteiger partial charge in [-0.2, -0.15) is 5.10 Å². The fourth-order valence-corrected chi connectivity index (χ4v) is 4.04. The lowest BCUT2D eigenvalue weighted by Crippen LogP contribution is -2.51. The summed E-state index contributed by atoms with van der Waals surface area (Å²) in [5.74, 6) is -1.62. The number of carboxylic acids is 1. The highest BCUT2D eigenvalue weighted by molar-refractivity contribution is 5.97. The van der Waals surface area contributed by atoms with Crippen molar-refractivity contribution in [3.63, 3.8) is 0 Å². The minimum Gasteiger partial charge on any atom is -0.480 e. The predicted octanol–water partition coefficient (Wildman–Crippen LogP) is 3.76. The number of hydrogen-bond acceptors (Lipinski definition) is 5. The van der Waals surface area contributed by atoms with Gasteiger partial charge < -0.3 is 15.2 Å². The SMILES string of the molecule is CCC(C)(NC(=O)c1cc(NC(=O)OCC2c3ccccc3-c3ccccc32)n(C)n1)C(=O)O. The summed E-state index contributed by atoms with van der Waals surface area (Å²) in [5, 5.41) is 18.5. The molecule has 1 aromatic heterocycles. The second-order valence-corrected chi connectivity index (χ2v) is 8.43. The molecule has 1 aliphatic carbocycles. The topological polar surface area (TPSA) is 123 Å². The molecule has 176 valence electrons. The van der Waals surface area contributed by atoms with Crippen LogP contribution in [0.2, 0.25) is 0 Å². The number of rotatable bonds is 7. The summed E-state index contributed by atoms with van der Waals surface area (Å²) >= 11 is 0. The highest BCUT2D eigenvalue weighted by atomic mass is 16.5. The summed E-state index contributed by atoms with van der Waals surface area (Å²) in [4.78, 5) is 36.5. The number of hydrogen-bond donors (Lipinski definition) is 3. The zero-order valence-corrected chi connectivity index (χ0v) is 19.2. The number of nitrogens with one attached hydrogen (secondary N) is 2. The molecule has 1 unspecified atom stereocenters. The van der Waals surface area contributed by atoms with Crippen molar-refractivity contribution >= 4 is 23.8 Å². The maximum Gasteiger partial charge on any atom is 0.412 e. The van der Waals surface area contributed by atoms with Crippen LogP contribution < -0.4 is 10.6 Å². The molecule has 9 nitrogen and oxygen atoms in total. The van der Waals surface area contributed by atoms with Crippen LogP contribution in [0.3, 0.4) is 0 Å². The van der Waals surface area contributed by atoms with E-state index in [1.54, 1.807) is 14.0 Å². The molecular formula is C25H26N4O5. The largest absolute Gasteiger partial charge is 0.480 e. The van der Waals surface area contributed by atoms with Gasteiger partial charge in [-0.05, 0) is 35.6 Å². The van der Waals surface area contributed by atoms with Gasteiger partial charge in [-0.3, -0.25) is 14.8 Å². The van der Waals surface area contributed by atoms with E-state index in [0.717, 1.165) is 22.3 Å². The van der Waals surface area contributed by atoms with Crippen LogP contribution in [0.4, 0.5) is 10.6 Å². The number of ether oxygens (including phenoxy) is 1. The van der Waals surface area contributed by atoms with E-state index < -0.39 is 23.5 Å². The van der Waals surface area contributed by atoms with Crippen LogP contribution in [0.15, 0.2) is 54.6 Å². The number of fused-ring (bicyclic) bond motifs is 3. The van der Waals surface area contributed by atoms with E-state index in [9.17, 15) is 19.5 Å². The number of amides is 2. The van der Waals surface area contributed by atoms with Crippen LogP contribution in [0.1, 0.15) is 47.8 Å². The third kappa shape index (κ3) is 4.24. The Bertz CT molecular complexity index is 1220. The highest BCUT2D eigenvalue weighted by Crippen LogP contribution is 2.44. The van der Waals surface area contributed by atoms with Crippen molar-refractivity contribution in [3.05, 3.63) is 71.4 Å². The lowest BCUT2D eigenvalue weighted by atomic mass is 9.98. The third-order valence-corrected chi connectivity index (χ3v) is 6.25. The summed E-state index contributed by atoms with van der Waals surface area (Å²) in [6.07, 6.45) is -0.480. The maximum atomic E-state index is 12.5. The monoisotopic (exact) mass is 462 g/mol. The van der Waals surface area contributed by atoms with Crippen LogP contribution in [-0.4, -0.2) is 45.0 Å². The van der Waals surface area contributed by atoms with E-state index >= 15 is 0 Å². The summed E-state index contributed by atoms with van der Waals surface area (Å²) in [5.41, 5.74) is 3.04. The van der Waals surface area contributed by atoms with Crippen LogP contribution in [-0.2, 0) is 16.6 Å². The first kappa shape index (κ1) is 23.0. The Morgan fingerprint density at radius 3 is 2.24 bits per heavy atom. The number of aryl methyl sites for hydroxylation is 1. The van der Waals surface area contributed by atoms with Crippen LogP contribution in [0.5, 0.6) is 0 Å². The van der Waals surface area contributed by atoms with E-state index in [4.69, 9.17) is 4.74 Å². The van der Waals surface area contributed by atoms with Gasteiger partial charge in [0.15, 0.2) is 5.69 Å². The Labute approximate surface area is 196 Å². The molecule has 2 aromatic carbocycles. The van der Waals surface area contributed by atoms with Gasteiger partial charge in [-0.15, -0.1) is 0 Å². The zero-order valence-electron chi connectivity index (χ0n) is 19.2. The van der Waals surface area contributed by atoms with Crippen LogP contribution >= 0.6 is 0 Å². The maximum absolute atomic E-state index is 12.5. The first-order chi connectivity index (χ1) is 16.2. The summed E-state index contributed by atoms with van der Waals surface area (Å²) in [6.45, 7) is 3.24. The fraction of sp³-hybridized carbons (Fsp3) is 0.280. The average molecular weight is 463 g/mol. The number of carbonyl (C=O) groups excluding carboxylic acids is 2. The van der Waals surface area contributed by atoms with Crippen molar-refractivity contribution in [1.29, 1.82) is 0 Å². The summed E-state index contributed by atoms with van der Waals surface area (Å²) in [6, 6.07) is 17.5. The molecular weight excluding hydrogens is 436 g/mol. The minimum atomic E-state index is -1.42. The van der Waals surface area contributed by atoms with Crippen molar-refractivity contribution < 1.29 is 24.2 Å². The Hall–Kier alpha value is -4.14. The minimum absolute atomic E-state index is 0.0163. The molecule has 0 fully saturated rings. The molecule has 0 radical (unpaired) electrons. The molecule has 0 spiro atoms. The van der Waals surface area contributed by atoms with E-state index in [2.05, 4.69) is 27.9 Å². The molecule has 0 saturated heterocycles. The average Bonchev–Trinajstić information content (AvgIpc) is 3.35. The van der Waals surface area contributed by atoms with Gasteiger partial charge in [0.1, 0.15) is 18.0 Å². The van der Waals surface area contributed by atoms with Gasteiger partial charge in [0.05, 0.1) is 0 Å². The molecule has 1 aliphatic rings. The van der Waals surface area contributed by atoms with Gasteiger partial charge in [-0.1, -0.05) is 55.5 Å². The lowest BCUT2D eigenvalue weighted by molar-refractivity contribution is -0.143. The molecule has 34 heavy (non-hydrogen) atoms. The molecule has 4 rings (SSSR count). The first-order valence-corrected chi connectivity index (χ1v) is 11.0. The summed E-state index contributed by atoms with van der Waals surface area (Å²) in [7, 11) is 1.56. The standard InChI is InChI=1S/C25H26N4O5/c1-4-25(2,23(31)32)27-22(30)20-13-21(29(3)28-20)26-24(33)34-14-19-17-11-7-5-9-15(17)16-10-6-8-12-18(16)19/h5-13,19H,4,14H2,1-3H3,(H,26,33)(H,27,30)(H,31,32). The number of benzene rings is 2. The molecule has 3 N–H and O–H groups in total. The number of carboxylic acid groups (broad SMARTS) is 1. The van der Waals surface area contributed by atoms with E-state index in [1.165, 1.54) is 17.7 Å². The molecule has 0 saturated carbocycles. The normalized spacial score (nSPS) is 14.0. The number of aromatic nitrogens is 2. The van der Waals surface area contributed by atoms with E-state index in [-0.39, 0.29) is 30.5 Å². The zero-order chi connectivity index (χ0) is 24.5. The predicted molar refractivity (Wildman–Crippen MR) is 126 cm³/mol. The van der Waals surface area contributed by atoms with Crippen LogP contribution in [0, 0.1) is 0 Å². The lowest BCUT2D eigenvalue weighted by Gasteiger charge is -2.23. The van der Waals surface area contributed by atoms with Gasteiger partial charge in [0.2, 0.25) is 0 Å². The number of aliphatic carboxylic acids is 1. The molecule has 3 aromatic rings. The second kappa shape index (κ2) is 9.01. The van der Waals surface area contributed by atoms with Gasteiger partial charge in [-0.25, -0.2) is 9.59 Å². The van der Waals surface area contributed by atoms with Crippen molar-refractivity contribution in [3.8, 4) is 11.1 Å². The van der Waals surface area contributed by atoms with E-state index in [0.29, 0.717) is 0 Å². The Morgan fingerprint density at radius 2 is 1.68 bits per heavy atom. The number of anilines is 1. The molecule has 1 heterocycles. The summed E-state index contributed by atoms with van der Waals surface area (Å²) < 4.78 is 6.85. The number of nitrogens with zero attached hydrogens (tertiary/aromatic N) is 2. The van der Waals surface area contributed by atoms with E-state index in [1.807, 2.05) is 36.4 Å². The quantitative estimate of drug-likeness (QED) is 0.491. The molecule has 9 heteroatoms. The van der Waals surface area contributed by atoms with Gasteiger partial charge in [0, 0.05) is 19.0 Å². The Morgan fingerprint density at radius 1 is 1.09 bits per heavy atom. The molecule has 1 atom stereocenters. The third-order valence-electron chi connectivity index (χ3n) is 6.25. The van der Waals surface area contributed by atoms with Crippen molar-refractivity contribution in [2.75, 3.05) is 11.9 Å². The highest BCUT2D eigenvalue weighted by Gasteiger charge is 2.34. The molecule has 0 bridgehead atoms. The van der Waals surface area contributed by atoms with Crippen molar-refractivity contribution in [2.24, 2.45) is 7.05 Å². The van der Waals surface area contributed by atoms with Crippen molar-refractivity contribution in [2.45, 2.75) is 31.7 Å². The van der Waals surface area contributed by atoms with Crippen LogP contribution in [0.25, 0.3) is 11.1 Å². The van der Waals surface area contributed by atoms with Gasteiger partial charge >= 0.3 is 12.1 Å². The number of carbonyl (C=O) groups is 3.